The van der Waals surface area contributed by atoms with E-state index < -0.39 is 5.97 Å². The zero-order chi connectivity index (χ0) is 21.2. The summed E-state index contributed by atoms with van der Waals surface area (Å²) in [6.07, 6.45) is 3.06. The Bertz CT molecular complexity index is 851. The van der Waals surface area contributed by atoms with Crippen molar-refractivity contribution < 1.29 is 19.4 Å². The summed E-state index contributed by atoms with van der Waals surface area (Å²) in [6, 6.07) is 11.0. The zero-order valence-corrected chi connectivity index (χ0v) is 18.4. The maximum absolute atomic E-state index is 11.9. The van der Waals surface area contributed by atoms with Crippen molar-refractivity contribution >= 4 is 35.1 Å². The quantitative estimate of drug-likeness (QED) is 0.275. The number of carboxylic acids is 1. The number of carbonyl (C=O) groups excluding carboxylic acids is 2. The molecule has 0 unspecified atom stereocenters. The van der Waals surface area contributed by atoms with Crippen LogP contribution < -0.4 is 9.84 Å². The molecule has 0 fully saturated rings. The molecule has 0 aliphatic carbocycles. The lowest BCUT2D eigenvalue weighted by atomic mass is 10.0. The number of hydrogen-bond donors (Lipinski definition) is 0. The maximum Gasteiger partial charge on any atom is 0.162 e. The Labute approximate surface area is 181 Å². The van der Waals surface area contributed by atoms with Crippen molar-refractivity contribution in [1.29, 1.82) is 0 Å². The molecular formula is C23H26ClO4S-. The number of Topliss-reactive ketones (excluding diaryl/α,β-unsaturated/α-hetero) is 1. The molecule has 0 amide bonds. The van der Waals surface area contributed by atoms with E-state index in [-0.39, 0.29) is 12.2 Å². The first-order valence-electron chi connectivity index (χ1n) is 9.84. The summed E-state index contributed by atoms with van der Waals surface area (Å²) >= 11 is 7.85. The largest absolute Gasteiger partial charge is 0.550 e. The van der Waals surface area contributed by atoms with Crippen LogP contribution in [-0.4, -0.2) is 24.1 Å². The molecule has 0 radical (unpaired) electrons. The van der Waals surface area contributed by atoms with Gasteiger partial charge in [0.15, 0.2) is 5.78 Å². The second-order valence-corrected chi connectivity index (χ2v) is 8.26. The number of ether oxygens (including phenoxy) is 1. The molecule has 0 aliphatic rings. The van der Waals surface area contributed by atoms with Crippen LogP contribution in [0.2, 0.25) is 5.02 Å². The van der Waals surface area contributed by atoms with E-state index in [0.717, 1.165) is 46.8 Å². The number of ketones is 1. The Kier molecular flexibility index (Phi) is 9.55. The number of carbonyl (C=O) groups is 2. The summed E-state index contributed by atoms with van der Waals surface area (Å²) in [4.78, 5) is 23.5. The first-order valence-corrected chi connectivity index (χ1v) is 11.2. The standard InChI is InChI=1S/C23H27ClO4S/c1-3-6-18-15-17(20(25)4-2)8-9-21(18)28-11-5-12-29-22-10-7-16(13-19(22)24)14-23(26)27/h7-10,13,15H,3-6,11-12,14H2,1-2H3,(H,26,27)/p-1. The molecule has 0 spiro atoms. The minimum atomic E-state index is -1.12. The minimum Gasteiger partial charge on any atom is -0.550 e. The molecule has 6 heteroatoms. The number of aliphatic carboxylic acids is 1. The van der Waals surface area contributed by atoms with Gasteiger partial charge in [-0.05, 0) is 54.3 Å². The number of thioether (sulfide) groups is 1. The van der Waals surface area contributed by atoms with Crippen LogP contribution in [0.5, 0.6) is 5.75 Å². The summed E-state index contributed by atoms with van der Waals surface area (Å²) in [5.74, 6) is 0.699. The molecule has 2 aromatic rings. The molecule has 0 heterocycles. The van der Waals surface area contributed by atoms with Crippen LogP contribution in [0.15, 0.2) is 41.3 Å². The molecule has 0 saturated carbocycles. The fourth-order valence-electron chi connectivity index (χ4n) is 2.92. The Morgan fingerprint density at radius 1 is 1.14 bits per heavy atom. The normalized spacial score (nSPS) is 10.7. The highest BCUT2D eigenvalue weighted by Gasteiger charge is 2.09. The fraction of sp³-hybridized carbons (Fsp3) is 0.391. The molecule has 0 bridgehead atoms. The predicted octanol–water partition coefficient (Wildman–Crippen LogP) is 4.74. The lowest BCUT2D eigenvalue weighted by Gasteiger charge is -2.13. The minimum absolute atomic E-state index is 0.138. The number of aryl methyl sites for hydroxylation is 1. The second kappa shape index (κ2) is 11.9. The van der Waals surface area contributed by atoms with Crippen LogP contribution in [0.3, 0.4) is 0 Å². The Hall–Kier alpha value is -1.98. The van der Waals surface area contributed by atoms with Crippen LogP contribution in [0.25, 0.3) is 0 Å². The van der Waals surface area contributed by atoms with E-state index in [2.05, 4.69) is 6.92 Å². The predicted molar refractivity (Wildman–Crippen MR) is 116 cm³/mol. The molecule has 0 aromatic heterocycles. The molecule has 2 aromatic carbocycles. The van der Waals surface area contributed by atoms with Gasteiger partial charge in [0.1, 0.15) is 5.75 Å². The monoisotopic (exact) mass is 433 g/mol. The van der Waals surface area contributed by atoms with Gasteiger partial charge in [-0.1, -0.05) is 37.9 Å². The van der Waals surface area contributed by atoms with Gasteiger partial charge in [-0.2, -0.15) is 0 Å². The van der Waals surface area contributed by atoms with E-state index in [4.69, 9.17) is 16.3 Å². The third-order valence-corrected chi connectivity index (χ3v) is 5.96. The molecule has 0 aliphatic heterocycles. The average Bonchev–Trinajstić information content (AvgIpc) is 2.69. The summed E-state index contributed by atoms with van der Waals surface area (Å²) in [6.45, 7) is 4.55. The third-order valence-electron chi connectivity index (χ3n) is 4.37. The third kappa shape index (κ3) is 7.41. The fourth-order valence-corrected chi connectivity index (χ4v) is 4.13. The van der Waals surface area contributed by atoms with Gasteiger partial charge < -0.3 is 14.6 Å². The molecular weight excluding hydrogens is 408 g/mol. The summed E-state index contributed by atoms with van der Waals surface area (Å²) in [5.41, 5.74) is 2.46. The first-order chi connectivity index (χ1) is 13.9. The topological polar surface area (TPSA) is 66.4 Å². The van der Waals surface area contributed by atoms with Gasteiger partial charge in [0.25, 0.3) is 0 Å². The Morgan fingerprint density at radius 2 is 1.93 bits per heavy atom. The molecule has 0 saturated heterocycles. The summed E-state index contributed by atoms with van der Waals surface area (Å²) in [7, 11) is 0. The lowest BCUT2D eigenvalue weighted by molar-refractivity contribution is -0.304. The van der Waals surface area contributed by atoms with E-state index in [0.29, 0.717) is 23.6 Å². The Balaban J connectivity index is 1.86. The van der Waals surface area contributed by atoms with Gasteiger partial charge in [0.05, 0.1) is 11.6 Å². The summed E-state index contributed by atoms with van der Waals surface area (Å²) in [5, 5.41) is 11.2. The first kappa shape index (κ1) is 23.3. The van der Waals surface area contributed by atoms with E-state index in [1.807, 2.05) is 31.2 Å². The van der Waals surface area contributed by atoms with Gasteiger partial charge in [0, 0.05) is 35.0 Å². The van der Waals surface area contributed by atoms with Gasteiger partial charge in [-0.3, -0.25) is 4.79 Å². The average molecular weight is 434 g/mol. The number of hydrogen-bond acceptors (Lipinski definition) is 5. The van der Waals surface area contributed by atoms with Crippen LogP contribution >= 0.6 is 23.4 Å². The number of rotatable bonds is 12. The molecule has 4 nitrogen and oxygen atoms in total. The van der Waals surface area contributed by atoms with Crippen molar-refractivity contribution in [1.82, 2.24) is 0 Å². The van der Waals surface area contributed by atoms with E-state index in [9.17, 15) is 14.7 Å². The van der Waals surface area contributed by atoms with Crippen LogP contribution in [0.4, 0.5) is 0 Å². The van der Waals surface area contributed by atoms with E-state index in [1.165, 1.54) is 0 Å². The van der Waals surface area contributed by atoms with Gasteiger partial charge in [-0.15, -0.1) is 11.8 Å². The van der Waals surface area contributed by atoms with Crippen molar-refractivity contribution in [3.63, 3.8) is 0 Å². The molecule has 2 rings (SSSR count). The molecule has 0 atom stereocenters. The molecule has 29 heavy (non-hydrogen) atoms. The highest BCUT2D eigenvalue weighted by atomic mass is 35.5. The number of carboxylic acid groups (broad SMARTS) is 1. The van der Waals surface area contributed by atoms with Crippen LogP contribution in [-0.2, 0) is 17.6 Å². The number of halogens is 1. The highest BCUT2D eigenvalue weighted by Crippen LogP contribution is 2.29. The van der Waals surface area contributed by atoms with Crippen molar-refractivity contribution in [2.45, 2.75) is 50.8 Å². The smallest absolute Gasteiger partial charge is 0.162 e. The summed E-state index contributed by atoms with van der Waals surface area (Å²) < 4.78 is 5.96. The number of benzene rings is 2. The van der Waals surface area contributed by atoms with Gasteiger partial charge in [-0.25, -0.2) is 0 Å². The van der Waals surface area contributed by atoms with E-state index in [1.54, 1.807) is 23.9 Å². The molecule has 0 N–H and O–H groups in total. The maximum atomic E-state index is 11.9. The SMILES string of the molecule is CCCc1cc(C(=O)CC)ccc1OCCCSc1ccc(CC(=O)[O-])cc1Cl. The second-order valence-electron chi connectivity index (χ2n) is 6.71. The van der Waals surface area contributed by atoms with Crippen LogP contribution in [0, 0.1) is 0 Å². The van der Waals surface area contributed by atoms with Gasteiger partial charge in [0.2, 0.25) is 0 Å². The van der Waals surface area contributed by atoms with Crippen molar-refractivity contribution in [3.05, 3.63) is 58.1 Å². The van der Waals surface area contributed by atoms with Crippen LogP contribution in [0.1, 0.15) is 54.6 Å². The molecule has 156 valence electrons. The van der Waals surface area contributed by atoms with Gasteiger partial charge >= 0.3 is 0 Å². The lowest BCUT2D eigenvalue weighted by Crippen LogP contribution is -2.24. The van der Waals surface area contributed by atoms with Crippen molar-refractivity contribution in [3.8, 4) is 5.75 Å². The zero-order valence-electron chi connectivity index (χ0n) is 16.8. The Morgan fingerprint density at radius 3 is 2.59 bits per heavy atom. The highest BCUT2D eigenvalue weighted by molar-refractivity contribution is 7.99. The van der Waals surface area contributed by atoms with E-state index >= 15 is 0 Å². The van der Waals surface area contributed by atoms with Crippen molar-refractivity contribution in [2.75, 3.05) is 12.4 Å². The van der Waals surface area contributed by atoms with Crippen molar-refractivity contribution in [2.24, 2.45) is 0 Å².